The van der Waals surface area contributed by atoms with Crippen LogP contribution in [0.5, 0.6) is 0 Å². The summed E-state index contributed by atoms with van der Waals surface area (Å²) in [7, 11) is 0. The number of nitrogens with zero attached hydrogens (tertiary/aromatic N) is 1. The van der Waals surface area contributed by atoms with Crippen LogP contribution in [0, 0.1) is 5.41 Å². The van der Waals surface area contributed by atoms with Crippen LogP contribution in [-0.4, -0.2) is 24.2 Å². The van der Waals surface area contributed by atoms with Gasteiger partial charge < -0.3 is 10.0 Å². The fourth-order valence-electron chi connectivity index (χ4n) is 2.43. The van der Waals surface area contributed by atoms with Crippen LogP contribution in [0.1, 0.15) is 19.8 Å². The van der Waals surface area contributed by atoms with Gasteiger partial charge in [-0.05, 0) is 30.0 Å². The van der Waals surface area contributed by atoms with Gasteiger partial charge in [0, 0.05) is 23.8 Å². The van der Waals surface area contributed by atoms with E-state index in [4.69, 9.17) is 16.7 Å². The monoisotopic (exact) mass is 253 g/mol. The van der Waals surface area contributed by atoms with E-state index in [2.05, 4.69) is 4.90 Å². The van der Waals surface area contributed by atoms with Gasteiger partial charge in [0.2, 0.25) is 0 Å². The molecule has 0 aliphatic carbocycles. The lowest BCUT2D eigenvalue weighted by atomic mass is 9.86. The Morgan fingerprint density at radius 2 is 2.35 bits per heavy atom. The molecule has 1 fully saturated rings. The summed E-state index contributed by atoms with van der Waals surface area (Å²) in [5.41, 5.74) is 0.945. The molecular formula is C13H16ClNO2. The number of carbonyl (C=O) groups is 1. The molecule has 1 atom stereocenters. The Morgan fingerprint density at radius 1 is 1.59 bits per heavy atom. The van der Waals surface area contributed by atoms with Gasteiger partial charge in [0.15, 0.2) is 0 Å². The van der Waals surface area contributed by atoms with Crippen molar-refractivity contribution < 1.29 is 9.90 Å². The highest BCUT2D eigenvalue weighted by Crippen LogP contribution is 2.36. The van der Waals surface area contributed by atoms with E-state index in [0.29, 0.717) is 5.02 Å². The van der Waals surface area contributed by atoms with Crippen molar-refractivity contribution in [1.82, 2.24) is 0 Å². The summed E-state index contributed by atoms with van der Waals surface area (Å²) in [4.78, 5) is 13.0. The van der Waals surface area contributed by atoms with Gasteiger partial charge in [0.05, 0.1) is 6.42 Å². The van der Waals surface area contributed by atoms with Crippen LogP contribution in [0.25, 0.3) is 0 Å². The molecule has 3 nitrogen and oxygen atoms in total. The van der Waals surface area contributed by atoms with E-state index >= 15 is 0 Å². The lowest BCUT2D eigenvalue weighted by Crippen LogP contribution is -2.26. The third kappa shape index (κ3) is 2.91. The molecule has 0 bridgehead atoms. The van der Waals surface area contributed by atoms with Crippen molar-refractivity contribution in [2.24, 2.45) is 5.41 Å². The van der Waals surface area contributed by atoms with E-state index in [1.807, 2.05) is 31.2 Å². The number of rotatable bonds is 3. The Bertz CT molecular complexity index is 435. The third-order valence-corrected chi connectivity index (χ3v) is 3.54. The number of carboxylic acids is 1. The van der Waals surface area contributed by atoms with Crippen LogP contribution < -0.4 is 4.90 Å². The number of benzene rings is 1. The Kier molecular flexibility index (Phi) is 3.29. The molecule has 0 aromatic heterocycles. The van der Waals surface area contributed by atoms with Crippen LogP contribution in [0.3, 0.4) is 0 Å². The molecule has 1 saturated heterocycles. The molecule has 0 amide bonds. The second kappa shape index (κ2) is 4.57. The van der Waals surface area contributed by atoms with Crippen molar-refractivity contribution in [2.75, 3.05) is 18.0 Å². The molecule has 0 radical (unpaired) electrons. The van der Waals surface area contributed by atoms with Crippen LogP contribution in [0.4, 0.5) is 5.69 Å². The molecule has 1 heterocycles. The van der Waals surface area contributed by atoms with E-state index in [-0.39, 0.29) is 11.8 Å². The van der Waals surface area contributed by atoms with Gasteiger partial charge in [-0.1, -0.05) is 24.6 Å². The van der Waals surface area contributed by atoms with Crippen molar-refractivity contribution in [2.45, 2.75) is 19.8 Å². The zero-order valence-corrected chi connectivity index (χ0v) is 10.6. The number of aliphatic carboxylic acids is 1. The van der Waals surface area contributed by atoms with Gasteiger partial charge in [-0.25, -0.2) is 0 Å². The molecule has 1 aromatic carbocycles. The summed E-state index contributed by atoms with van der Waals surface area (Å²) in [5.74, 6) is -0.722. The minimum absolute atomic E-state index is 0.131. The number of halogens is 1. The lowest BCUT2D eigenvalue weighted by molar-refractivity contribution is -0.139. The Labute approximate surface area is 106 Å². The molecule has 4 heteroatoms. The molecule has 0 spiro atoms. The Morgan fingerprint density at radius 3 is 3.00 bits per heavy atom. The summed E-state index contributed by atoms with van der Waals surface area (Å²) in [5, 5.41) is 9.62. The van der Waals surface area contributed by atoms with Crippen molar-refractivity contribution in [3.8, 4) is 0 Å². The van der Waals surface area contributed by atoms with E-state index < -0.39 is 5.97 Å². The number of carboxylic acid groups (broad SMARTS) is 1. The minimum Gasteiger partial charge on any atom is -0.481 e. The van der Waals surface area contributed by atoms with Crippen LogP contribution >= 0.6 is 11.6 Å². The van der Waals surface area contributed by atoms with Gasteiger partial charge >= 0.3 is 5.97 Å². The first-order chi connectivity index (χ1) is 7.98. The van der Waals surface area contributed by atoms with Crippen molar-refractivity contribution in [1.29, 1.82) is 0 Å². The van der Waals surface area contributed by atoms with E-state index in [0.717, 1.165) is 25.2 Å². The van der Waals surface area contributed by atoms with Crippen molar-refractivity contribution in [3.63, 3.8) is 0 Å². The van der Waals surface area contributed by atoms with E-state index in [1.165, 1.54) is 0 Å². The number of hydrogen-bond donors (Lipinski definition) is 1. The maximum Gasteiger partial charge on any atom is 0.303 e. The minimum atomic E-state index is -0.722. The smallest absolute Gasteiger partial charge is 0.303 e. The summed E-state index contributed by atoms with van der Waals surface area (Å²) < 4.78 is 0. The first-order valence-electron chi connectivity index (χ1n) is 5.71. The molecule has 1 aliphatic heterocycles. The normalized spacial score (nSPS) is 24.0. The van der Waals surface area contributed by atoms with Crippen molar-refractivity contribution in [3.05, 3.63) is 29.3 Å². The zero-order chi connectivity index (χ0) is 12.5. The second-order valence-corrected chi connectivity index (χ2v) is 5.47. The fourth-order valence-corrected chi connectivity index (χ4v) is 2.61. The van der Waals surface area contributed by atoms with Gasteiger partial charge in [-0.2, -0.15) is 0 Å². The number of anilines is 1. The van der Waals surface area contributed by atoms with E-state index in [9.17, 15) is 4.79 Å². The zero-order valence-electron chi connectivity index (χ0n) is 9.82. The van der Waals surface area contributed by atoms with Gasteiger partial charge in [-0.15, -0.1) is 0 Å². The highest BCUT2D eigenvalue weighted by molar-refractivity contribution is 6.30. The first-order valence-corrected chi connectivity index (χ1v) is 6.09. The molecule has 1 unspecified atom stereocenters. The van der Waals surface area contributed by atoms with E-state index in [1.54, 1.807) is 0 Å². The average molecular weight is 254 g/mol. The lowest BCUT2D eigenvalue weighted by Gasteiger charge is -2.24. The summed E-state index contributed by atoms with van der Waals surface area (Å²) >= 11 is 5.96. The fraction of sp³-hybridized carbons (Fsp3) is 0.462. The number of hydrogen-bond acceptors (Lipinski definition) is 2. The van der Waals surface area contributed by atoms with Crippen LogP contribution in [0.15, 0.2) is 24.3 Å². The summed E-state index contributed by atoms with van der Waals surface area (Å²) in [6.45, 7) is 3.70. The topological polar surface area (TPSA) is 40.5 Å². The van der Waals surface area contributed by atoms with Gasteiger partial charge in [0.1, 0.15) is 0 Å². The summed E-state index contributed by atoms with van der Waals surface area (Å²) in [6, 6.07) is 7.70. The van der Waals surface area contributed by atoms with Gasteiger partial charge in [-0.3, -0.25) is 4.79 Å². The molecule has 2 rings (SSSR count). The Balaban J connectivity index is 2.09. The average Bonchev–Trinajstić information content (AvgIpc) is 2.59. The quantitative estimate of drug-likeness (QED) is 0.900. The molecule has 0 saturated carbocycles. The molecular weight excluding hydrogens is 238 g/mol. The standard InChI is InChI=1S/C13H16ClNO2/c1-13(8-12(16)17)5-6-15(9-13)11-4-2-3-10(14)7-11/h2-4,7H,5-6,8-9H2,1H3,(H,16,17). The van der Waals surface area contributed by atoms with Crippen LogP contribution in [-0.2, 0) is 4.79 Å². The Hall–Kier alpha value is -1.22. The first kappa shape index (κ1) is 12.2. The maximum atomic E-state index is 10.8. The second-order valence-electron chi connectivity index (χ2n) is 5.03. The SMILES string of the molecule is CC1(CC(=O)O)CCN(c2cccc(Cl)c2)C1. The molecule has 1 N–H and O–H groups in total. The third-order valence-electron chi connectivity index (χ3n) is 3.31. The predicted molar refractivity (Wildman–Crippen MR) is 68.6 cm³/mol. The predicted octanol–water partition coefficient (Wildman–Crippen LogP) is 3.03. The van der Waals surface area contributed by atoms with Crippen molar-refractivity contribution >= 4 is 23.3 Å². The highest BCUT2D eigenvalue weighted by Gasteiger charge is 2.35. The maximum absolute atomic E-state index is 10.8. The van der Waals surface area contributed by atoms with Gasteiger partial charge in [0.25, 0.3) is 0 Å². The highest BCUT2D eigenvalue weighted by atomic mass is 35.5. The molecule has 92 valence electrons. The molecule has 17 heavy (non-hydrogen) atoms. The molecule has 1 aliphatic rings. The summed E-state index contributed by atoms with van der Waals surface area (Å²) in [6.07, 6.45) is 1.13. The molecule has 1 aromatic rings. The largest absolute Gasteiger partial charge is 0.481 e. The van der Waals surface area contributed by atoms with Crippen LogP contribution in [0.2, 0.25) is 5.02 Å².